The van der Waals surface area contributed by atoms with Crippen LogP contribution in [0.1, 0.15) is 12.5 Å². The SMILES string of the molecule is Cc1cccc2c1n(-c1ccc(-c3cnn4cccnc34)cn1)c(=O)n2CC(=O)NC(C)C(F)(F)F. The molecule has 184 valence electrons. The van der Waals surface area contributed by atoms with Gasteiger partial charge in [0.1, 0.15) is 18.4 Å². The predicted molar refractivity (Wildman–Crippen MR) is 126 cm³/mol. The van der Waals surface area contributed by atoms with Crippen LogP contribution in [0, 0.1) is 6.92 Å². The minimum absolute atomic E-state index is 0.301. The number of aryl methyl sites for hydroxylation is 1. The molecule has 4 heterocycles. The van der Waals surface area contributed by atoms with E-state index in [0.717, 1.165) is 28.2 Å². The molecule has 0 spiro atoms. The van der Waals surface area contributed by atoms with E-state index in [1.54, 1.807) is 72.6 Å². The molecule has 36 heavy (non-hydrogen) atoms. The summed E-state index contributed by atoms with van der Waals surface area (Å²) < 4.78 is 42.8. The van der Waals surface area contributed by atoms with Crippen molar-refractivity contribution >= 4 is 22.6 Å². The summed E-state index contributed by atoms with van der Waals surface area (Å²) in [6.07, 6.45) is 2.10. The van der Waals surface area contributed by atoms with Crippen molar-refractivity contribution in [3.8, 4) is 16.9 Å². The Balaban J connectivity index is 1.55. The van der Waals surface area contributed by atoms with Crippen molar-refractivity contribution < 1.29 is 18.0 Å². The van der Waals surface area contributed by atoms with Crippen LogP contribution >= 0.6 is 0 Å². The van der Waals surface area contributed by atoms with E-state index in [1.165, 1.54) is 4.57 Å². The first-order valence-electron chi connectivity index (χ1n) is 11.0. The minimum Gasteiger partial charge on any atom is -0.343 e. The maximum absolute atomic E-state index is 13.4. The summed E-state index contributed by atoms with van der Waals surface area (Å²) in [5.74, 6) is -0.623. The van der Waals surface area contributed by atoms with Gasteiger partial charge >= 0.3 is 11.9 Å². The van der Waals surface area contributed by atoms with E-state index >= 15 is 0 Å². The Kier molecular flexibility index (Phi) is 5.58. The predicted octanol–water partition coefficient (Wildman–Crippen LogP) is 3.27. The number of nitrogens with zero attached hydrogens (tertiary/aromatic N) is 6. The number of alkyl halides is 3. The largest absolute Gasteiger partial charge is 0.408 e. The van der Waals surface area contributed by atoms with Gasteiger partial charge in [-0.25, -0.2) is 23.8 Å². The third-order valence-electron chi connectivity index (χ3n) is 5.89. The van der Waals surface area contributed by atoms with Gasteiger partial charge in [0.25, 0.3) is 0 Å². The highest BCUT2D eigenvalue weighted by Crippen LogP contribution is 2.25. The van der Waals surface area contributed by atoms with Crippen LogP contribution in [0.25, 0.3) is 33.6 Å². The van der Waals surface area contributed by atoms with Gasteiger partial charge in [0.05, 0.1) is 17.2 Å². The normalized spacial score (nSPS) is 12.8. The van der Waals surface area contributed by atoms with Crippen molar-refractivity contribution in [2.24, 2.45) is 0 Å². The van der Waals surface area contributed by atoms with Gasteiger partial charge in [-0.05, 0) is 43.7 Å². The number of fused-ring (bicyclic) bond motifs is 2. The quantitative estimate of drug-likeness (QED) is 0.404. The lowest BCUT2D eigenvalue weighted by Crippen LogP contribution is -2.45. The van der Waals surface area contributed by atoms with Crippen LogP contribution in [0.5, 0.6) is 0 Å². The smallest absolute Gasteiger partial charge is 0.343 e. The molecule has 0 radical (unpaired) electrons. The zero-order valence-corrected chi connectivity index (χ0v) is 19.2. The maximum Gasteiger partial charge on any atom is 0.408 e. The number of carbonyl (C=O) groups is 1. The number of aromatic nitrogens is 6. The van der Waals surface area contributed by atoms with Crippen molar-refractivity contribution in [2.45, 2.75) is 32.6 Å². The van der Waals surface area contributed by atoms with Crippen molar-refractivity contribution in [3.63, 3.8) is 0 Å². The molecule has 0 fully saturated rings. The summed E-state index contributed by atoms with van der Waals surface area (Å²) in [6, 6.07) is 8.31. The first kappa shape index (κ1) is 23.3. The first-order valence-corrected chi connectivity index (χ1v) is 11.0. The average molecular weight is 495 g/mol. The Morgan fingerprint density at radius 3 is 2.64 bits per heavy atom. The highest BCUT2D eigenvalue weighted by Gasteiger charge is 2.37. The lowest BCUT2D eigenvalue weighted by Gasteiger charge is -2.17. The van der Waals surface area contributed by atoms with Gasteiger partial charge in [-0.3, -0.25) is 9.36 Å². The number of nitrogens with one attached hydrogen (secondary N) is 1. The number of imidazole rings is 1. The third kappa shape index (κ3) is 4.00. The molecule has 1 unspecified atom stereocenters. The van der Waals surface area contributed by atoms with Crippen LogP contribution < -0.4 is 11.0 Å². The summed E-state index contributed by atoms with van der Waals surface area (Å²) in [5.41, 5.74) is 3.22. The van der Waals surface area contributed by atoms with Gasteiger partial charge in [0.2, 0.25) is 5.91 Å². The molecular weight excluding hydrogens is 475 g/mol. The number of hydrogen-bond acceptors (Lipinski definition) is 5. The summed E-state index contributed by atoms with van der Waals surface area (Å²) in [7, 11) is 0. The van der Waals surface area contributed by atoms with Crippen LogP contribution in [-0.4, -0.2) is 46.8 Å². The zero-order chi connectivity index (χ0) is 25.6. The summed E-state index contributed by atoms with van der Waals surface area (Å²) in [5, 5.41) is 6.17. The second-order valence-corrected chi connectivity index (χ2v) is 8.33. The maximum atomic E-state index is 13.4. The number of carbonyl (C=O) groups excluding carboxylic acids is 1. The van der Waals surface area contributed by atoms with E-state index in [4.69, 9.17) is 0 Å². The molecule has 1 atom stereocenters. The minimum atomic E-state index is -4.59. The van der Waals surface area contributed by atoms with Gasteiger partial charge in [-0.1, -0.05) is 12.1 Å². The molecule has 0 aliphatic heterocycles. The Labute approximate surface area is 201 Å². The van der Waals surface area contributed by atoms with Crippen LogP contribution in [-0.2, 0) is 11.3 Å². The first-order chi connectivity index (χ1) is 17.1. The van der Waals surface area contributed by atoms with E-state index in [0.29, 0.717) is 22.5 Å². The number of para-hydroxylation sites is 1. The molecule has 1 amide bonds. The highest BCUT2D eigenvalue weighted by atomic mass is 19.4. The van der Waals surface area contributed by atoms with Crippen LogP contribution in [0.4, 0.5) is 13.2 Å². The zero-order valence-electron chi connectivity index (χ0n) is 19.2. The highest BCUT2D eigenvalue weighted by molar-refractivity contribution is 5.84. The monoisotopic (exact) mass is 495 g/mol. The number of rotatable bonds is 5. The second-order valence-electron chi connectivity index (χ2n) is 8.33. The lowest BCUT2D eigenvalue weighted by atomic mass is 10.1. The Morgan fingerprint density at radius 1 is 1.11 bits per heavy atom. The number of pyridine rings is 1. The number of hydrogen-bond donors (Lipinski definition) is 1. The summed E-state index contributed by atoms with van der Waals surface area (Å²) in [6.45, 7) is 2.07. The van der Waals surface area contributed by atoms with E-state index in [9.17, 15) is 22.8 Å². The van der Waals surface area contributed by atoms with Crippen molar-refractivity contribution in [3.05, 3.63) is 77.2 Å². The van der Waals surface area contributed by atoms with Crippen molar-refractivity contribution in [2.75, 3.05) is 0 Å². The molecule has 12 heteroatoms. The molecule has 9 nitrogen and oxygen atoms in total. The Bertz CT molecular complexity index is 1650. The van der Waals surface area contributed by atoms with Gasteiger partial charge in [0.15, 0.2) is 5.65 Å². The van der Waals surface area contributed by atoms with Gasteiger partial charge in [0, 0.05) is 29.7 Å². The Morgan fingerprint density at radius 2 is 1.92 bits per heavy atom. The van der Waals surface area contributed by atoms with E-state index in [-0.39, 0.29) is 0 Å². The number of amides is 1. The molecule has 4 aromatic heterocycles. The van der Waals surface area contributed by atoms with E-state index in [1.807, 2.05) is 5.32 Å². The Hall–Kier alpha value is -4.48. The van der Waals surface area contributed by atoms with Gasteiger partial charge < -0.3 is 5.32 Å². The number of benzene rings is 1. The van der Waals surface area contributed by atoms with Crippen LogP contribution in [0.3, 0.4) is 0 Å². The topological polar surface area (TPSA) is 99.1 Å². The van der Waals surface area contributed by atoms with Crippen molar-refractivity contribution in [1.82, 2.24) is 34.0 Å². The summed E-state index contributed by atoms with van der Waals surface area (Å²) in [4.78, 5) is 34.6. The molecule has 0 aliphatic rings. The standard InChI is InChI=1S/C24H20F3N7O2/c1-14-5-3-6-18-21(14)34(23(36)32(18)13-20(35)31-15(2)24(25,26)27)19-8-7-16(11-29-19)17-12-30-33-10-4-9-28-22(17)33/h3-12,15H,13H2,1-2H3,(H,31,35). The van der Waals surface area contributed by atoms with Gasteiger partial charge in [-0.2, -0.15) is 18.3 Å². The fourth-order valence-corrected chi connectivity index (χ4v) is 4.06. The second kappa shape index (κ2) is 8.63. The molecule has 0 bridgehead atoms. The molecule has 1 N–H and O–H groups in total. The molecule has 0 aliphatic carbocycles. The molecule has 0 saturated carbocycles. The third-order valence-corrected chi connectivity index (χ3v) is 5.89. The van der Waals surface area contributed by atoms with E-state index in [2.05, 4.69) is 15.1 Å². The number of halogens is 3. The van der Waals surface area contributed by atoms with Crippen molar-refractivity contribution in [1.29, 1.82) is 0 Å². The molecule has 5 rings (SSSR count). The molecular formula is C24H20F3N7O2. The molecule has 1 aromatic carbocycles. The van der Waals surface area contributed by atoms with E-state index < -0.39 is 30.4 Å². The van der Waals surface area contributed by atoms with Crippen LogP contribution in [0.15, 0.2) is 66.0 Å². The van der Waals surface area contributed by atoms with Gasteiger partial charge in [-0.15, -0.1) is 0 Å². The average Bonchev–Trinajstić information content (AvgIpc) is 3.39. The van der Waals surface area contributed by atoms with Crippen LogP contribution in [0.2, 0.25) is 0 Å². The lowest BCUT2D eigenvalue weighted by molar-refractivity contribution is -0.158. The molecule has 5 aromatic rings. The fraction of sp³-hybridized carbons (Fsp3) is 0.208. The molecule has 0 saturated heterocycles. The fourth-order valence-electron chi connectivity index (χ4n) is 4.06. The summed E-state index contributed by atoms with van der Waals surface area (Å²) >= 11 is 0.